The van der Waals surface area contributed by atoms with E-state index < -0.39 is 5.60 Å². The van der Waals surface area contributed by atoms with Crippen molar-refractivity contribution in [3.8, 4) is 0 Å². The molecule has 1 aliphatic rings. The third-order valence-corrected chi connectivity index (χ3v) is 4.21. The normalized spacial score (nSPS) is 20.2. The summed E-state index contributed by atoms with van der Waals surface area (Å²) in [7, 11) is 0. The Bertz CT molecular complexity index is 428. The maximum absolute atomic E-state index is 6.44. The van der Waals surface area contributed by atoms with E-state index in [0.29, 0.717) is 29.9 Å². The molecule has 0 radical (unpaired) electrons. The van der Waals surface area contributed by atoms with E-state index in [2.05, 4.69) is 0 Å². The van der Waals surface area contributed by atoms with Crippen molar-refractivity contribution in [2.45, 2.75) is 31.4 Å². The average molecular weight is 304 g/mol. The number of halogens is 2. The molecule has 1 fully saturated rings. The zero-order chi connectivity index (χ0) is 13.9. The highest BCUT2D eigenvalue weighted by Crippen LogP contribution is 2.39. The molecular formula is C14H19Cl2NO2. The van der Waals surface area contributed by atoms with Gasteiger partial charge in [-0.15, -0.1) is 0 Å². The monoisotopic (exact) mass is 303 g/mol. The highest BCUT2D eigenvalue weighted by Gasteiger charge is 2.40. The van der Waals surface area contributed by atoms with Crippen LogP contribution in [0.15, 0.2) is 18.2 Å². The van der Waals surface area contributed by atoms with E-state index in [1.165, 1.54) is 0 Å². The molecule has 5 heteroatoms. The molecule has 19 heavy (non-hydrogen) atoms. The van der Waals surface area contributed by atoms with Gasteiger partial charge in [0.15, 0.2) is 0 Å². The number of hydrogen-bond donors (Lipinski definition) is 1. The van der Waals surface area contributed by atoms with Crippen molar-refractivity contribution in [3.63, 3.8) is 0 Å². The lowest BCUT2D eigenvalue weighted by molar-refractivity contribution is -0.121. The topological polar surface area (TPSA) is 44.5 Å². The van der Waals surface area contributed by atoms with E-state index in [0.717, 1.165) is 18.4 Å². The first-order valence-electron chi connectivity index (χ1n) is 6.51. The van der Waals surface area contributed by atoms with Gasteiger partial charge in [0.2, 0.25) is 0 Å². The summed E-state index contributed by atoms with van der Waals surface area (Å²) >= 11 is 12.3. The maximum atomic E-state index is 6.44. The lowest BCUT2D eigenvalue weighted by Crippen LogP contribution is -2.48. The van der Waals surface area contributed by atoms with Crippen LogP contribution in [0.4, 0.5) is 0 Å². The number of ether oxygens (including phenoxy) is 2. The maximum Gasteiger partial charge on any atom is 0.0918 e. The summed E-state index contributed by atoms with van der Waals surface area (Å²) in [6, 6.07) is 5.06. The number of nitrogens with two attached hydrogens (primary N) is 1. The Labute approximate surface area is 124 Å². The molecule has 1 aliphatic heterocycles. The lowest BCUT2D eigenvalue weighted by atomic mass is 9.82. The number of benzene rings is 1. The molecule has 0 saturated carbocycles. The van der Waals surface area contributed by atoms with Crippen molar-refractivity contribution < 1.29 is 9.47 Å². The van der Waals surface area contributed by atoms with Crippen molar-refractivity contribution in [2.75, 3.05) is 19.8 Å². The van der Waals surface area contributed by atoms with Gasteiger partial charge in [-0.2, -0.15) is 0 Å². The zero-order valence-electron chi connectivity index (χ0n) is 11.0. The number of hydrogen-bond acceptors (Lipinski definition) is 3. The smallest absolute Gasteiger partial charge is 0.0918 e. The van der Waals surface area contributed by atoms with E-state index in [9.17, 15) is 0 Å². The molecule has 1 saturated heterocycles. The lowest BCUT2D eigenvalue weighted by Gasteiger charge is -2.41. The van der Waals surface area contributed by atoms with Crippen molar-refractivity contribution in [2.24, 2.45) is 5.73 Å². The summed E-state index contributed by atoms with van der Waals surface area (Å²) in [6.07, 6.45) is 1.54. The van der Waals surface area contributed by atoms with Crippen molar-refractivity contribution in [1.29, 1.82) is 0 Å². The fourth-order valence-corrected chi connectivity index (χ4v) is 3.00. The summed E-state index contributed by atoms with van der Waals surface area (Å²) in [4.78, 5) is 0. The first-order chi connectivity index (χ1) is 9.09. The van der Waals surface area contributed by atoms with Gasteiger partial charge in [0.1, 0.15) is 0 Å². The van der Waals surface area contributed by atoms with Gasteiger partial charge in [-0.25, -0.2) is 0 Å². The Morgan fingerprint density at radius 1 is 1.37 bits per heavy atom. The Hall–Kier alpha value is -0.320. The molecule has 0 bridgehead atoms. The van der Waals surface area contributed by atoms with Crippen molar-refractivity contribution >= 4 is 23.2 Å². The minimum Gasteiger partial charge on any atom is -0.381 e. The summed E-state index contributed by atoms with van der Waals surface area (Å²) < 4.78 is 11.4. The first-order valence-corrected chi connectivity index (χ1v) is 7.27. The molecule has 1 heterocycles. The molecule has 2 rings (SSSR count). The van der Waals surface area contributed by atoms with Gasteiger partial charge in [0.25, 0.3) is 0 Å². The molecule has 1 atom stereocenters. The van der Waals surface area contributed by atoms with Gasteiger partial charge in [-0.05, 0) is 30.7 Å². The highest BCUT2D eigenvalue weighted by atomic mass is 35.5. The summed E-state index contributed by atoms with van der Waals surface area (Å²) in [5, 5.41) is 1.26. The quantitative estimate of drug-likeness (QED) is 0.924. The Morgan fingerprint density at radius 2 is 2.05 bits per heavy atom. The molecule has 0 amide bonds. The SMILES string of the molecule is CCOC1(C(N)c2cc(Cl)ccc2Cl)CCOCC1. The van der Waals surface area contributed by atoms with Crippen LogP contribution in [-0.4, -0.2) is 25.4 Å². The summed E-state index contributed by atoms with van der Waals surface area (Å²) in [5.74, 6) is 0. The number of rotatable bonds is 4. The second-order valence-corrected chi connectivity index (χ2v) is 5.60. The molecule has 0 spiro atoms. The fourth-order valence-electron chi connectivity index (χ4n) is 2.59. The van der Waals surface area contributed by atoms with Gasteiger partial charge < -0.3 is 15.2 Å². The third kappa shape index (κ3) is 3.23. The first kappa shape index (κ1) is 15.1. The molecule has 2 N–H and O–H groups in total. The molecule has 1 aromatic rings. The molecule has 1 unspecified atom stereocenters. The molecular weight excluding hydrogens is 285 g/mol. The van der Waals surface area contributed by atoms with Crippen molar-refractivity contribution in [1.82, 2.24) is 0 Å². The van der Waals surface area contributed by atoms with Gasteiger partial charge in [0, 0.05) is 42.7 Å². The standard InChI is InChI=1S/C14H19Cl2NO2/c1-2-19-14(5-7-18-8-6-14)13(17)11-9-10(15)3-4-12(11)16/h3-4,9,13H,2,5-8,17H2,1H3. The largest absolute Gasteiger partial charge is 0.381 e. The minimum atomic E-state index is -0.415. The molecule has 0 aliphatic carbocycles. The van der Waals surface area contributed by atoms with Crippen molar-refractivity contribution in [3.05, 3.63) is 33.8 Å². The van der Waals surface area contributed by atoms with Crippen LogP contribution >= 0.6 is 23.2 Å². The van der Waals surface area contributed by atoms with Crippen LogP contribution in [0.5, 0.6) is 0 Å². The van der Waals surface area contributed by atoms with Crippen LogP contribution in [0.2, 0.25) is 10.0 Å². The second-order valence-electron chi connectivity index (χ2n) is 4.75. The van der Waals surface area contributed by atoms with E-state index in [1.54, 1.807) is 12.1 Å². The van der Waals surface area contributed by atoms with Gasteiger partial charge >= 0.3 is 0 Å². The van der Waals surface area contributed by atoms with Gasteiger partial charge in [0.05, 0.1) is 11.6 Å². The van der Waals surface area contributed by atoms with Crippen LogP contribution in [0.25, 0.3) is 0 Å². The summed E-state index contributed by atoms with van der Waals surface area (Å²) in [5.41, 5.74) is 6.86. The van der Waals surface area contributed by atoms with E-state index >= 15 is 0 Å². The van der Waals surface area contributed by atoms with Gasteiger partial charge in [-0.1, -0.05) is 23.2 Å². The minimum absolute atomic E-state index is 0.303. The van der Waals surface area contributed by atoms with E-state index in [1.807, 2.05) is 13.0 Å². The molecule has 3 nitrogen and oxygen atoms in total. The summed E-state index contributed by atoms with van der Waals surface area (Å²) in [6.45, 7) is 3.91. The second kappa shape index (κ2) is 6.42. The van der Waals surface area contributed by atoms with Crippen LogP contribution in [0, 0.1) is 0 Å². The van der Waals surface area contributed by atoms with Crippen LogP contribution in [0.3, 0.4) is 0 Å². The average Bonchev–Trinajstić information content (AvgIpc) is 2.42. The van der Waals surface area contributed by atoms with E-state index in [4.69, 9.17) is 38.4 Å². The zero-order valence-corrected chi connectivity index (χ0v) is 12.5. The Kier molecular flexibility index (Phi) is 5.09. The van der Waals surface area contributed by atoms with E-state index in [-0.39, 0.29) is 6.04 Å². The van der Waals surface area contributed by atoms with Crippen LogP contribution < -0.4 is 5.73 Å². The molecule has 0 aromatic heterocycles. The Morgan fingerprint density at radius 3 is 2.68 bits per heavy atom. The Balaban J connectivity index is 2.32. The molecule has 106 valence electrons. The van der Waals surface area contributed by atoms with Crippen LogP contribution in [0.1, 0.15) is 31.4 Å². The third-order valence-electron chi connectivity index (χ3n) is 3.63. The fraction of sp³-hybridized carbons (Fsp3) is 0.571. The molecule has 1 aromatic carbocycles. The van der Waals surface area contributed by atoms with Gasteiger partial charge in [-0.3, -0.25) is 0 Å². The predicted octanol–water partition coefficient (Wildman–Crippen LogP) is 3.58. The predicted molar refractivity (Wildman–Crippen MR) is 77.8 cm³/mol. The highest BCUT2D eigenvalue weighted by molar-refractivity contribution is 6.33. The van der Waals surface area contributed by atoms with Crippen LogP contribution in [-0.2, 0) is 9.47 Å².